The first kappa shape index (κ1) is 10.9. The molecular formula is C8H8IN3O2. The summed E-state index contributed by atoms with van der Waals surface area (Å²) < 4.78 is 6.09. The Morgan fingerprint density at radius 3 is 3.07 bits per heavy atom. The number of ether oxygens (including phenoxy) is 1. The lowest BCUT2D eigenvalue weighted by molar-refractivity contribution is 0.0601. The van der Waals surface area contributed by atoms with E-state index in [-0.39, 0.29) is 5.82 Å². The quantitative estimate of drug-likeness (QED) is 0.511. The number of esters is 1. The fraction of sp³-hybridized carbons (Fsp3) is 0.125. The van der Waals surface area contributed by atoms with Crippen LogP contribution in [-0.4, -0.2) is 22.3 Å². The number of pyridine rings is 1. The molecule has 0 saturated heterocycles. The molecule has 74 valence electrons. The highest BCUT2D eigenvalue weighted by Gasteiger charge is 2.13. The van der Waals surface area contributed by atoms with E-state index < -0.39 is 5.97 Å². The van der Waals surface area contributed by atoms with Crippen LogP contribution in [0.3, 0.4) is 0 Å². The molecule has 0 aliphatic rings. The number of rotatable bonds is 2. The second kappa shape index (κ2) is 4.89. The number of nitrogens with two attached hydrogens (primary N) is 1. The molecule has 0 aromatic carbocycles. The number of carbonyl (C=O) groups is 1. The van der Waals surface area contributed by atoms with Gasteiger partial charge in [0.05, 0.1) is 16.9 Å². The summed E-state index contributed by atoms with van der Waals surface area (Å²) in [4.78, 5) is 19.1. The van der Waals surface area contributed by atoms with Gasteiger partial charge in [0.2, 0.25) is 0 Å². The molecule has 1 heterocycles. The van der Waals surface area contributed by atoms with E-state index in [1.807, 2.05) is 22.6 Å². The first-order valence-corrected chi connectivity index (χ1v) is 4.90. The summed E-state index contributed by atoms with van der Waals surface area (Å²) in [6.07, 6.45) is 1.44. The normalized spacial score (nSPS) is 10.4. The van der Waals surface area contributed by atoms with E-state index in [1.165, 1.54) is 23.6 Å². The van der Waals surface area contributed by atoms with Gasteiger partial charge in [-0.05, 0) is 28.7 Å². The van der Waals surface area contributed by atoms with Crippen LogP contribution in [0.25, 0.3) is 0 Å². The molecule has 0 aliphatic carbocycles. The molecule has 1 aromatic rings. The molecule has 0 spiro atoms. The molecule has 0 bridgehead atoms. The highest BCUT2D eigenvalue weighted by molar-refractivity contribution is 14.1. The Hall–Kier alpha value is -1.18. The Labute approximate surface area is 94.5 Å². The predicted molar refractivity (Wildman–Crippen MR) is 62.2 cm³/mol. The number of aromatic nitrogens is 1. The second-order valence-corrected chi connectivity index (χ2v) is 2.87. The Morgan fingerprint density at radius 1 is 1.79 bits per heavy atom. The van der Waals surface area contributed by atoms with Gasteiger partial charge in [-0.15, -0.1) is 0 Å². The van der Waals surface area contributed by atoms with Gasteiger partial charge in [0.25, 0.3) is 0 Å². The van der Waals surface area contributed by atoms with Crippen molar-refractivity contribution in [2.24, 2.45) is 4.99 Å². The summed E-state index contributed by atoms with van der Waals surface area (Å²) >= 11 is 1.93. The third kappa shape index (κ3) is 2.19. The molecule has 0 aliphatic heterocycles. The molecule has 2 N–H and O–H groups in total. The second-order valence-electron chi connectivity index (χ2n) is 2.31. The van der Waals surface area contributed by atoms with Crippen molar-refractivity contribution in [3.05, 3.63) is 17.8 Å². The Morgan fingerprint density at radius 2 is 2.50 bits per heavy atom. The fourth-order valence-electron chi connectivity index (χ4n) is 0.929. The maximum absolute atomic E-state index is 11.3. The first-order chi connectivity index (χ1) is 6.70. The van der Waals surface area contributed by atoms with Gasteiger partial charge >= 0.3 is 5.97 Å². The molecule has 0 amide bonds. The highest BCUT2D eigenvalue weighted by Crippen LogP contribution is 2.25. The van der Waals surface area contributed by atoms with E-state index in [1.54, 1.807) is 0 Å². The lowest BCUT2D eigenvalue weighted by Gasteiger charge is -2.04. The third-order valence-corrected chi connectivity index (χ3v) is 1.81. The van der Waals surface area contributed by atoms with Crippen LogP contribution < -0.4 is 5.73 Å². The van der Waals surface area contributed by atoms with E-state index in [9.17, 15) is 4.79 Å². The van der Waals surface area contributed by atoms with Crippen molar-refractivity contribution in [2.45, 2.75) is 0 Å². The number of nitrogens with zero attached hydrogens (tertiary/aromatic N) is 2. The minimum absolute atomic E-state index is 0.209. The maximum atomic E-state index is 11.3. The van der Waals surface area contributed by atoms with E-state index >= 15 is 0 Å². The lowest BCUT2D eigenvalue weighted by Crippen LogP contribution is -2.04. The van der Waals surface area contributed by atoms with Crippen LogP contribution in [0.5, 0.6) is 0 Å². The molecule has 14 heavy (non-hydrogen) atoms. The monoisotopic (exact) mass is 305 g/mol. The largest absolute Gasteiger partial charge is 0.465 e. The van der Waals surface area contributed by atoms with Crippen molar-refractivity contribution in [1.29, 1.82) is 0 Å². The fourth-order valence-corrected chi connectivity index (χ4v) is 1.21. The van der Waals surface area contributed by atoms with Gasteiger partial charge in [-0.2, -0.15) is 0 Å². The molecule has 0 radical (unpaired) electrons. The van der Waals surface area contributed by atoms with Gasteiger partial charge in [0.1, 0.15) is 11.5 Å². The molecule has 1 rings (SSSR count). The average molecular weight is 305 g/mol. The Kier molecular flexibility index (Phi) is 3.81. The van der Waals surface area contributed by atoms with E-state index in [4.69, 9.17) is 5.73 Å². The molecule has 0 saturated carbocycles. The van der Waals surface area contributed by atoms with Gasteiger partial charge in [-0.25, -0.2) is 14.8 Å². The molecule has 5 nitrogen and oxygen atoms in total. The smallest absolute Gasteiger partial charge is 0.340 e. The van der Waals surface area contributed by atoms with E-state index in [0.717, 1.165) is 0 Å². The Bertz CT molecular complexity index is 379. The van der Waals surface area contributed by atoms with E-state index in [0.29, 0.717) is 11.3 Å². The zero-order chi connectivity index (χ0) is 10.6. The zero-order valence-corrected chi connectivity index (χ0v) is 9.56. The van der Waals surface area contributed by atoms with Crippen molar-refractivity contribution >= 4 is 44.3 Å². The van der Waals surface area contributed by atoms with Crippen LogP contribution in [0.15, 0.2) is 17.3 Å². The van der Waals surface area contributed by atoms with Crippen LogP contribution in [0, 0.1) is 0 Å². The van der Waals surface area contributed by atoms with Gasteiger partial charge < -0.3 is 10.5 Å². The number of hydrogen-bond acceptors (Lipinski definition) is 5. The number of nitrogen functional groups attached to an aromatic ring is 1. The van der Waals surface area contributed by atoms with Crippen LogP contribution >= 0.6 is 22.6 Å². The van der Waals surface area contributed by atoms with Gasteiger partial charge in [0, 0.05) is 6.20 Å². The maximum Gasteiger partial charge on any atom is 0.340 e. The summed E-state index contributed by atoms with van der Waals surface area (Å²) in [6, 6.07) is 1.52. The van der Waals surface area contributed by atoms with Crippen molar-refractivity contribution in [3.63, 3.8) is 0 Å². The minimum Gasteiger partial charge on any atom is -0.465 e. The molecular weight excluding hydrogens is 297 g/mol. The van der Waals surface area contributed by atoms with Gasteiger partial charge in [-0.3, -0.25) is 0 Å². The van der Waals surface area contributed by atoms with Crippen molar-refractivity contribution in [2.75, 3.05) is 12.8 Å². The summed E-state index contributed by atoms with van der Waals surface area (Å²) in [5, 5.41) is 0. The number of hydrogen-bond donors (Lipinski definition) is 1. The zero-order valence-electron chi connectivity index (χ0n) is 7.40. The lowest BCUT2D eigenvalue weighted by atomic mass is 10.2. The third-order valence-electron chi connectivity index (χ3n) is 1.54. The van der Waals surface area contributed by atoms with Crippen LogP contribution in [-0.2, 0) is 4.74 Å². The van der Waals surface area contributed by atoms with E-state index in [2.05, 4.69) is 14.7 Å². The molecule has 6 heteroatoms. The molecule has 1 aromatic heterocycles. The van der Waals surface area contributed by atoms with Crippen LogP contribution in [0.4, 0.5) is 11.5 Å². The van der Waals surface area contributed by atoms with Crippen molar-refractivity contribution in [1.82, 2.24) is 4.98 Å². The number of halogens is 1. The van der Waals surface area contributed by atoms with Crippen LogP contribution in [0.1, 0.15) is 10.4 Å². The minimum atomic E-state index is -0.476. The summed E-state index contributed by atoms with van der Waals surface area (Å²) in [5.41, 5.74) is 6.22. The molecule has 0 fully saturated rings. The van der Waals surface area contributed by atoms with Crippen molar-refractivity contribution < 1.29 is 9.53 Å². The average Bonchev–Trinajstić information content (AvgIpc) is 2.20. The Balaban J connectivity index is 3.27. The first-order valence-electron chi connectivity index (χ1n) is 3.66. The molecule has 0 unspecified atom stereocenters. The highest BCUT2D eigenvalue weighted by atomic mass is 127. The number of anilines is 1. The van der Waals surface area contributed by atoms with Crippen LogP contribution in [0.2, 0.25) is 0 Å². The summed E-state index contributed by atoms with van der Waals surface area (Å²) in [7, 11) is 1.30. The van der Waals surface area contributed by atoms with Gasteiger partial charge in [0.15, 0.2) is 0 Å². The van der Waals surface area contributed by atoms with Crippen molar-refractivity contribution in [3.8, 4) is 0 Å². The predicted octanol–water partition coefficient (Wildman–Crippen LogP) is 1.55. The SMILES string of the molecule is COC(=O)c1ccnc(N)c1N=CI. The topological polar surface area (TPSA) is 77.6 Å². The number of aliphatic imine (C=N–C) groups is 1. The summed E-state index contributed by atoms with van der Waals surface area (Å²) in [6.45, 7) is 0. The number of carbonyl (C=O) groups excluding carboxylic acids is 1. The summed E-state index contributed by atoms with van der Waals surface area (Å²) in [5.74, 6) is -0.267. The number of methoxy groups -OCH3 is 1. The van der Waals surface area contributed by atoms with Gasteiger partial charge in [-0.1, -0.05) is 0 Å². The standard InChI is InChI=1S/C8H8IN3O2/c1-14-8(13)5-2-3-11-7(10)6(5)12-4-9/h2-4H,1H3,(H2,10,11). The molecule has 0 atom stereocenters.